The van der Waals surface area contributed by atoms with Crippen LogP contribution in [0.4, 0.5) is 0 Å². The Balaban J connectivity index is 2.43. The topological polar surface area (TPSA) is 62.9 Å². The lowest BCUT2D eigenvalue weighted by molar-refractivity contribution is 0.0803. The molecule has 2 N–H and O–H groups in total. The molecule has 1 aromatic rings. The Bertz CT molecular complexity index is 396. The highest BCUT2D eigenvalue weighted by molar-refractivity contribution is 5.41. The molecule has 1 unspecified atom stereocenters. The maximum atomic E-state index is 5.86. The van der Waals surface area contributed by atoms with Crippen LogP contribution in [0.5, 0.6) is 11.5 Å². The molecule has 5 heteroatoms. The molecule has 5 nitrogen and oxygen atoms in total. The molecule has 0 spiro atoms. The molecule has 1 atom stereocenters. The lowest BCUT2D eigenvalue weighted by atomic mass is 10.1. The van der Waals surface area contributed by atoms with E-state index in [0.29, 0.717) is 19.8 Å². The SMILES string of the molecule is COCCCOCCOc1cc(OC)ccc1CC(C)N. The largest absolute Gasteiger partial charge is 0.497 e. The summed E-state index contributed by atoms with van der Waals surface area (Å²) in [7, 11) is 3.33. The average molecular weight is 297 g/mol. The fourth-order valence-electron chi connectivity index (χ4n) is 1.93. The van der Waals surface area contributed by atoms with E-state index in [0.717, 1.165) is 36.5 Å². The van der Waals surface area contributed by atoms with Gasteiger partial charge in [-0.3, -0.25) is 0 Å². The molecule has 0 saturated carbocycles. The highest BCUT2D eigenvalue weighted by atomic mass is 16.5. The second kappa shape index (κ2) is 10.4. The smallest absolute Gasteiger partial charge is 0.126 e. The maximum absolute atomic E-state index is 5.86. The fourth-order valence-corrected chi connectivity index (χ4v) is 1.93. The van der Waals surface area contributed by atoms with Gasteiger partial charge in [0.15, 0.2) is 0 Å². The Kier molecular flexibility index (Phi) is 8.82. The van der Waals surface area contributed by atoms with E-state index in [-0.39, 0.29) is 6.04 Å². The van der Waals surface area contributed by atoms with Crippen LogP contribution in [0.15, 0.2) is 18.2 Å². The number of nitrogens with two attached hydrogens (primary N) is 1. The summed E-state index contributed by atoms with van der Waals surface area (Å²) in [6.07, 6.45) is 1.67. The van der Waals surface area contributed by atoms with Crippen molar-refractivity contribution >= 4 is 0 Å². The van der Waals surface area contributed by atoms with Gasteiger partial charge in [-0.2, -0.15) is 0 Å². The van der Waals surface area contributed by atoms with Crippen molar-refractivity contribution in [1.82, 2.24) is 0 Å². The third-order valence-corrected chi connectivity index (χ3v) is 2.94. The van der Waals surface area contributed by atoms with Crippen LogP contribution in [0.1, 0.15) is 18.9 Å². The third-order valence-electron chi connectivity index (χ3n) is 2.94. The second-order valence-electron chi connectivity index (χ2n) is 4.96. The first-order chi connectivity index (χ1) is 10.2. The van der Waals surface area contributed by atoms with E-state index >= 15 is 0 Å². The van der Waals surface area contributed by atoms with Gasteiger partial charge in [0.05, 0.1) is 13.7 Å². The van der Waals surface area contributed by atoms with Gasteiger partial charge >= 0.3 is 0 Å². The summed E-state index contributed by atoms with van der Waals surface area (Å²) in [5.41, 5.74) is 6.95. The first-order valence-corrected chi connectivity index (χ1v) is 7.29. The van der Waals surface area contributed by atoms with Gasteiger partial charge in [0.2, 0.25) is 0 Å². The zero-order valence-electron chi connectivity index (χ0n) is 13.3. The molecule has 0 aromatic heterocycles. The predicted octanol–water partition coefficient (Wildman–Crippen LogP) is 2.02. The maximum Gasteiger partial charge on any atom is 0.126 e. The lowest BCUT2D eigenvalue weighted by Gasteiger charge is -2.14. The van der Waals surface area contributed by atoms with Gasteiger partial charge in [0, 0.05) is 32.4 Å². The molecule has 0 heterocycles. The van der Waals surface area contributed by atoms with Crippen LogP contribution in [-0.2, 0) is 15.9 Å². The van der Waals surface area contributed by atoms with E-state index in [1.54, 1.807) is 14.2 Å². The lowest BCUT2D eigenvalue weighted by Crippen LogP contribution is -2.18. The van der Waals surface area contributed by atoms with E-state index in [1.165, 1.54) is 0 Å². The molecule has 0 aliphatic rings. The van der Waals surface area contributed by atoms with Gasteiger partial charge < -0.3 is 24.7 Å². The van der Waals surface area contributed by atoms with E-state index < -0.39 is 0 Å². The Morgan fingerprint density at radius 3 is 2.57 bits per heavy atom. The van der Waals surface area contributed by atoms with Crippen LogP contribution >= 0.6 is 0 Å². The van der Waals surface area contributed by atoms with Crippen LogP contribution in [0, 0.1) is 0 Å². The summed E-state index contributed by atoms with van der Waals surface area (Å²) in [6.45, 7) is 4.44. The Morgan fingerprint density at radius 2 is 1.90 bits per heavy atom. The van der Waals surface area contributed by atoms with E-state index in [4.69, 9.17) is 24.7 Å². The summed E-state index contributed by atoms with van der Waals surface area (Å²) in [6, 6.07) is 5.90. The van der Waals surface area contributed by atoms with E-state index in [1.807, 2.05) is 25.1 Å². The zero-order valence-corrected chi connectivity index (χ0v) is 13.3. The zero-order chi connectivity index (χ0) is 15.5. The van der Waals surface area contributed by atoms with Gasteiger partial charge in [0.1, 0.15) is 18.1 Å². The number of methoxy groups -OCH3 is 2. The third kappa shape index (κ3) is 7.32. The number of hydrogen-bond donors (Lipinski definition) is 1. The van der Waals surface area contributed by atoms with Crippen molar-refractivity contribution in [2.75, 3.05) is 40.6 Å². The summed E-state index contributed by atoms with van der Waals surface area (Å²) in [5.74, 6) is 1.59. The monoisotopic (exact) mass is 297 g/mol. The summed E-state index contributed by atoms with van der Waals surface area (Å²) < 4.78 is 21.5. The van der Waals surface area contributed by atoms with Crippen LogP contribution in [0.25, 0.3) is 0 Å². The number of ether oxygens (including phenoxy) is 4. The average Bonchev–Trinajstić information content (AvgIpc) is 2.47. The molecule has 1 aromatic carbocycles. The van der Waals surface area contributed by atoms with Crippen molar-refractivity contribution in [2.45, 2.75) is 25.8 Å². The van der Waals surface area contributed by atoms with E-state index in [9.17, 15) is 0 Å². The number of hydrogen-bond acceptors (Lipinski definition) is 5. The van der Waals surface area contributed by atoms with Crippen LogP contribution < -0.4 is 15.2 Å². The summed E-state index contributed by atoms with van der Waals surface area (Å²) in [4.78, 5) is 0. The minimum Gasteiger partial charge on any atom is -0.497 e. The minimum atomic E-state index is 0.0889. The molecule has 0 fully saturated rings. The number of rotatable bonds is 11. The molecule has 0 aliphatic heterocycles. The summed E-state index contributed by atoms with van der Waals surface area (Å²) in [5, 5.41) is 0. The summed E-state index contributed by atoms with van der Waals surface area (Å²) >= 11 is 0. The molecular weight excluding hydrogens is 270 g/mol. The van der Waals surface area contributed by atoms with Gasteiger partial charge in [-0.1, -0.05) is 6.07 Å². The minimum absolute atomic E-state index is 0.0889. The number of benzene rings is 1. The molecule has 0 saturated heterocycles. The van der Waals surface area contributed by atoms with Crippen LogP contribution in [0.2, 0.25) is 0 Å². The predicted molar refractivity (Wildman–Crippen MR) is 83.2 cm³/mol. The fraction of sp³-hybridized carbons (Fsp3) is 0.625. The van der Waals surface area contributed by atoms with Crippen molar-refractivity contribution in [2.24, 2.45) is 5.73 Å². The van der Waals surface area contributed by atoms with Gasteiger partial charge in [-0.15, -0.1) is 0 Å². The molecule has 0 aliphatic carbocycles. The Labute approximate surface area is 127 Å². The van der Waals surface area contributed by atoms with Crippen molar-refractivity contribution in [1.29, 1.82) is 0 Å². The molecule has 1 rings (SSSR count). The first-order valence-electron chi connectivity index (χ1n) is 7.29. The normalized spacial score (nSPS) is 12.2. The van der Waals surface area contributed by atoms with Gasteiger partial charge in [-0.05, 0) is 31.4 Å². The molecule has 120 valence electrons. The Morgan fingerprint density at radius 1 is 1.10 bits per heavy atom. The van der Waals surface area contributed by atoms with Crippen molar-refractivity contribution in [3.63, 3.8) is 0 Å². The molecular formula is C16H27NO4. The van der Waals surface area contributed by atoms with Crippen LogP contribution in [0.3, 0.4) is 0 Å². The van der Waals surface area contributed by atoms with Gasteiger partial charge in [-0.25, -0.2) is 0 Å². The quantitative estimate of drug-likeness (QED) is 0.633. The Hall–Kier alpha value is -1.30. The highest BCUT2D eigenvalue weighted by Crippen LogP contribution is 2.25. The van der Waals surface area contributed by atoms with E-state index in [2.05, 4.69) is 0 Å². The highest BCUT2D eigenvalue weighted by Gasteiger charge is 2.08. The van der Waals surface area contributed by atoms with Gasteiger partial charge in [0.25, 0.3) is 0 Å². The van der Waals surface area contributed by atoms with Crippen LogP contribution in [-0.4, -0.2) is 46.7 Å². The molecule has 0 radical (unpaired) electrons. The van der Waals surface area contributed by atoms with Crippen molar-refractivity contribution in [3.05, 3.63) is 23.8 Å². The second-order valence-corrected chi connectivity index (χ2v) is 4.96. The standard InChI is InChI=1S/C16H27NO4/c1-13(17)11-14-5-6-15(19-3)12-16(14)21-10-9-20-8-4-7-18-2/h5-6,12-13H,4,7-11,17H2,1-3H3. The van der Waals surface area contributed by atoms with Crippen molar-refractivity contribution < 1.29 is 18.9 Å². The molecule has 21 heavy (non-hydrogen) atoms. The van der Waals surface area contributed by atoms with Crippen molar-refractivity contribution in [3.8, 4) is 11.5 Å². The first kappa shape index (κ1) is 17.8. The molecule has 0 bridgehead atoms. The molecule has 0 amide bonds.